The molecule has 1 N–H and O–H groups in total. The highest BCUT2D eigenvalue weighted by molar-refractivity contribution is 5.11. The molecule has 4 heteroatoms. The number of aryl methyl sites for hydroxylation is 2. The van der Waals surface area contributed by atoms with E-state index in [0.717, 1.165) is 44.9 Å². The molecule has 3 rings (SSSR count). The maximum absolute atomic E-state index is 9.98. The number of rotatable bonds is 4. The fourth-order valence-corrected chi connectivity index (χ4v) is 3.78. The van der Waals surface area contributed by atoms with Crippen LogP contribution in [0.4, 0.5) is 0 Å². The van der Waals surface area contributed by atoms with Crippen LogP contribution in [0, 0.1) is 11.8 Å². The lowest BCUT2D eigenvalue weighted by Gasteiger charge is -2.18. The van der Waals surface area contributed by atoms with Crippen LogP contribution < -0.4 is 0 Å². The average Bonchev–Trinajstić information content (AvgIpc) is 3.07. The minimum Gasteiger partial charge on any atom is -0.393 e. The van der Waals surface area contributed by atoms with Gasteiger partial charge < -0.3 is 5.11 Å². The van der Waals surface area contributed by atoms with Crippen LogP contribution in [0.25, 0.3) is 0 Å². The molecule has 0 radical (unpaired) electrons. The highest BCUT2D eigenvalue weighted by Crippen LogP contribution is 2.38. The van der Waals surface area contributed by atoms with Crippen molar-refractivity contribution >= 4 is 0 Å². The largest absolute Gasteiger partial charge is 0.393 e. The molecular formula is C15H25N3O. The molecule has 2 aliphatic rings. The first-order valence-electron chi connectivity index (χ1n) is 7.67. The van der Waals surface area contributed by atoms with Gasteiger partial charge in [0.2, 0.25) is 0 Å². The quantitative estimate of drug-likeness (QED) is 0.898. The summed E-state index contributed by atoms with van der Waals surface area (Å²) in [5.41, 5.74) is 2.52. The van der Waals surface area contributed by atoms with Crippen LogP contribution in [-0.2, 0) is 19.5 Å². The van der Waals surface area contributed by atoms with Crippen LogP contribution in [0.5, 0.6) is 0 Å². The molecule has 4 nitrogen and oxygen atoms in total. The Bertz CT molecular complexity index is 443. The maximum Gasteiger partial charge on any atom is 0.0625 e. The van der Waals surface area contributed by atoms with E-state index >= 15 is 0 Å². The molecule has 0 bridgehead atoms. The Kier molecular flexibility index (Phi) is 3.63. The van der Waals surface area contributed by atoms with Crippen molar-refractivity contribution in [3.8, 4) is 0 Å². The van der Waals surface area contributed by atoms with E-state index in [-0.39, 0.29) is 6.10 Å². The molecule has 0 amide bonds. The third-order valence-corrected chi connectivity index (χ3v) is 4.86. The third-order valence-electron chi connectivity index (χ3n) is 4.86. The molecule has 1 aromatic heterocycles. The summed E-state index contributed by atoms with van der Waals surface area (Å²) in [5, 5.41) is 14.6. The number of aliphatic hydroxyl groups excluding tert-OH is 1. The molecule has 19 heavy (non-hydrogen) atoms. The van der Waals surface area contributed by atoms with E-state index in [1.165, 1.54) is 17.8 Å². The summed E-state index contributed by atoms with van der Waals surface area (Å²) in [6.45, 7) is 8.45. The summed E-state index contributed by atoms with van der Waals surface area (Å²) < 4.78 is 2.13. The fourth-order valence-electron chi connectivity index (χ4n) is 3.78. The molecule has 0 aromatic carbocycles. The second-order valence-corrected chi connectivity index (χ2v) is 6.06. The Balaban J connectivity index is 1.67. The second-order valence-electron chi connectivity index (χ2n) is 6.06. The molecule has 1 saturated carbocycles. The highest BCUT2D eigenvalue weighted by atomic mass is 16.3. The number of nitrogens with zero attached hydrogens (tertiary/aromatic N) is 3. The van der Waals surface area contributed by atoms with Crippen LogP contribution in [0.2, 0.25) is 0 Å². The van der Waals surface area contributed by atoms with Gasteiger partial charge >= 0.3 is 0 Å². The van der Waals surface area contributed by atoms with Crippen molar-refractivity contribution in [2.45, 2.75) is 52.3 Å². The minimum atomic E-state index is -0.0581. The number of aromatic nitrogens is 2. The van der Waals surface area contributed by atoms with Crippen molar-refractivity contribution < 1.29 is 5.11 Å². The summed E-state index contributed by atoms with van der Waals surface area (Å²) >= 11 is 0. The molecule has 2 heterocycles. The standard InChI is InChI=1S/C15H25N3O/c1-3-12-7-13(18(4-2)16-12)9-17-8-11-5-6-15(19)14(11)10-17/h7,11,14-15,19H,3-6,8-10H2,1-2H3. The smallest absolute Gasteiger partial charge is 0.0625 e. The van der Waals surface area contributed by atoms with Crippen molar-refractivity contribution in [2.24, 2.45) is 11.8 Å². The van der Waals surface area contributed by atoms with Gasteiger partial charge in [0.05, 0.1) is 17.5 Å². The van der Waals surface area contributed by atoms with Crippen molar-refractivity contribution in [2.75, 3.05) is 13.1 Å². The molecule has 1 aliphatic heterocycles. The number of hydrogen-bond donors (Lipinski definition) is 1. The van der Waals surface area contributed by atoms with E-state index in [1.807, 2.05) is 0 Å². The molecule has 2 fully saturated rings. The summed E-state index contributed by atoms with van der Waals surface area (Å²) in [4.78, 5) is 2.50. The van der Waals surface area contributed by atoms with Crippen LogP contribution in [-0.4, -0.2) is 39.0 Å². The van der Waals surface area contributed by atoms with E-state index in [1.54, 1.807) is 0 Å². The maximum atomic E-state index is 9.98. The van der Waals surface area contributed by atoms with Gasteiger partial charge in [0.15, 0.2) is 0 Å². The molecular weight excluding hydrogens is 238 g/mol. The summed E-state index contributed by atoms with van der Waals surface area (Å²) in [6.07, 6.45) is 3.16. The van der Waals surface area contributed by atoms with Gasteiger partial charge in [-0.25, -0.2) is 0 Å². The Hall–Kier alpha value is -0.870. The average molecular weight is 263 g/mol. The lowest BCUT2D eigenvalue weighted by molar-refractivity contribution is 0.123. The number of fused-ring (bicyclic) bond motifs is 1. The third kappa shape index (κ3) is 2.43. The Morgan fingerprint density at radius 3 is 2.84 bits per heavy atom. The van der Waals surface area contributed by atoms with Crippen LogP contribution in [0.15, 0.2) is 6.07 Å². The second kappa shape index (κ2) is 5.25. The highest BCUT2D eigenvalue weighted by Gasteiger charge is 2.41. The van der Waals surface area contributed by atoms with Crippen molar-refractivity contribution in [3.63, 3.8) is 0 Å². The summed E-state index contributed by atoms with van der Waals surface area (Å²) in [6, 6.07) is 2.24. The predicted molar refractivity (Wildman–Crippen MR) is 74.8 cm³/mol. The monoisotopic (exact) mass is 263 g/mol. The lowest BCUT2D eigenvalue weighted by atomic mass is 10.00. The van der Waals surface area contributed by atoms with Gasteiger partial charge in [-0.3, -0.25) is 9.58 Å². The van der Waals surface area contributed by atoms with Crippen molar-refractivity contribution in [1.82, 2.24) is 14.7 Å². The zero-order valence-corrected chi connectivity index (χ0v) is 12.0. The Labute approximate surface area is 115 Å². The topological polar surface area (TPSA) is 41.3 Å². The predicted octanol–water partition coefficient (Wildman–Crippen LogP) is 1.67. The summed E-state index contributed by atoms with van der Waals surface area (Å²) in [7, 11) is 0. The van der Waals surface area contributed by atoms with E-state index < -0.39 is 0 Å². The van der Waals surface area contributed by atoms with Gasteiger partial charge in [0.25, 0.3) is 0 Å². The molecule has 3 unspecified atom stereocenters. The van der Waals surface area contributed by atoms with Gasteiger partial charge in [-0.1, -0.05) is 6.92 Å². The van der Waals surface area contributed by atoms with Crippen LogP contribution in [0.1, 0.15) is 38.1 Å². The first-order valence-corrected chi connectivity index (χ1v) is 7.67. The van der Waals surface area contributed by atoms with Gasteiger partial charge in [-0.2, -0.15) is 5.10 Å². The van der Waals surface area contributed by atoms with Crippen LogP contribution in [0.3, 0.4) is 0 Å². The molecule has 0 spiro atoms. The van der Waals surface area contributed by atoms with Crippen molar-refractivity contribution in [3.05, 3.63) is 17.5 Å². The van der Waals surface area contributed by atoms with E-state index in [0.29, 0.717) is 5.92 Å². The van der Waals surface area contributed by atoms with Crippen molar-refractivity contribution in [1.29, 1.82) is 0 Å². The van der Waals surface area contributed by atoms with Gasteiger partial charge in [0.1, 0.15) is 0 Å². The number of hydrogen-bond acceptors (Lipinski definition) is 3. The minimum absolute atomic E-state index is 0.0581. The SMILES string of the molecule is CCc1cc(CN2CC3CCC(O)C3C2)n(CC)n1. The molecule has 1 aliphatic carbocycles. The first-order chi connectivity index (χ1) is 9.21. The number of aliphatic hydroxyl groups is 1. The Morgan fingerprint density at radius 1 is 1.32 bits per heavy atom. The van der Waals surface area contributed by atoms with E-state index in [9.17, 15) is 5.11 Å². The fraction of sp³-hybridized carbons (Fsp3) is 0.800. The van der Waals surface area contributed by atoms with E-state index in [2.05, 4.69) is 34.6 Å². The van der Waals surface area contributed by atoms with Crippen LogP contribution >= 0.6 is 0 Å². The summed E-state index contributed by atoms with van der Waals surface area (Å²) in [5.74, 6) is 1.24. The van der Waals surface area contributed by atoms with Gasteiger partial charge in [0, 0.05) is 32.1 Å². The first kappa shape index (κ1) is 13.1. The zero-order chi connectivity index (χ0) is 13.4. The lowest BCUT2D eigenvalue weighted by Crippen LogP contribution is -2.25. The number of likely N-dealkylation sites (tertiary alicyclic amines) is 1. The zero-order valence-electron chi connectivity index (χ0n) is 12.0. The van der Waals surface area contributed by atoms with E-state index in [4.69, 9.17) is 0 Å². The van der Waals surface area contributed by atoms with Gasteiger partial charge in [-0.05, 0) is 38.2 Å². The molecule has 1 saturated heterocycles. The molecule has 1 aromatic rings. The normalized spacial score (nSPS) is 31.0. The molecule has 3 atom stereocenters. The van der Waals surface area contributed by atoms with Gasteiger partial charge in [-0.15, -0.1) is 0 Å². The molecule has 106 valence electrons. The Morgan fingerprint density at radius 2 is 2.16 bits per heavy atom.